The molecule has 0 aromatic rings. The Morgan fingerprint density at radius 2 is 2.10 bits per heavy atom. The monoisotopic (exact) mass is 272 g/mol. The van der Waals surface area contributed by atoms with Crippen LogP contribution in [0.2, 0.25) is 0 Å². The quantitative estimate of drug-likeness (QED) is 0.415. The van der Waals surface area contributed by atoms with Gasteiger partial charge in [0, 0.05) is 0 Å². The summed E-state index contributed by atoms with van der Waals surface area (Å²) < 4.78 is 0. The molecule has 0 nitrogen and oxygen atoms in total. The van der Waals surface area contributed by atoms with Crippen molar-refractivity contribution in [2.45, 2.75) is 66.2 Å². The highest BCUT2D eigenvalue weighted by Crippen LogP contribution is 2.61. The zero-order valence-corrected chi connectivity index (χ0v) is 14.0. The summed E-state index contributed by atoms with van der Waals surface area (Å²) in [5, 5.41) is 0. The van der Waals surface area contributed by atoms with Gasteiger partial charge in [-0.15, -0.1) is 0 Å². The molecule has 1 saturated carbocycles. The minimum absolute atomic E-state index is 0.440. The number of rotatable bonds is 4. The standard InChI is InChI=1S/C20H32/c1-7-15(2)11-13-19(5)17(4)12-14-20(6)16(3)9-8-10-18(19)20/h7,9,17-18H,1-2,8,10-14H2,3-6H3/t17-,18+,19-,20-/m1/s1. The lowest BCUT2D eigenvalue weighted by atomic mass is 9.47. The molecule has 0 heterocycles. The molecule has 2 rings (SSSR count). The SMILES string of the molecule is C=CC(=C)CC[C@]1(C)[C@H](C)CC[C@]2(C)C(C)=CCC[C@@H]12. The van der Waals surface area contributed by atoms with E-state index in [0.29, 0.717) is 10.8 Å². The average Bonchev–Trinajstić information content (AvgIpc) is 2.43. The zero-order valence-electron chi connectivity index (χ0n) is 14.0. The summed E-state index contributed by atoms with van der Waals surface area (Å²) in [4.78, 5) is 0. The van der Waals surface area contributed by atoms with Crippen LogP contribution in [0.4, 0.5) is 0 Å². The van der Waals surface area contributed by atoms with Crippen molar-refractivity contribution in [2.24, 2.45) is 22.7 Å². The van der Waals surface area contributed by atoms with Gasteiger partial charge in [0.1, 0.15) is 0 Å². The fraction of sp³-hybridized carbons (Fsp3) is 0.700. The van der Waals surface area contributed by atoms with E-state index in [1.54, 1.807) is 5.57 Å². The Balaban J connectivity index is 2.27. The molecule has 0 N–H and O–H groups in total. The summed E-state index contributed by atoms with van der Waals surface area (Å²) in [5.74, 6) is 1.66. The molecule has 20 heavy (non-hydrogen) atoms. The van der Waals surface area contributed by atoms with Gasteiger partial charge in [0.25, 0.3) is 0 Å². The van der Waals surface area contributed by atoms with Crippen molar-refractivity contribution >= 4 is 0 Å². The Morgan fingerprint density at radius 3 is 2.75 bits per heavy atom. The van der Waals surface area contributed by atoms with Crippen LogP contribution in [-0.2, 0) is 0 Å². The number of hydrogen-bond acceptors (Lipinski definition) is 0. The number of allylic oxidation sites excluding steroid dienone is 4. The first-order valence-electron chi connectivity index (χ1n) is 8.32. The molecule has 0 bridgehead atoms. The summed E-state index contributed by atoms with van der Waals surface area (Å²) in [6.07, 6.45) is 12.2. The van der Waals surface area contributed by atoms with E-state index in [2.05, 4.69) is 46.9 Å². The average molecular weight is 272 g/mol. The lowest BCUT2D eigenvalue weighted by molar-refractivity contribution is -0.0465. The minimum Gasteiger partial charge on any atom is -0.0988 e. The smallest absolute Gasteiger partial charge is 0.00854 e. The second-order valence-electron chi connectivity index (χ2n) is 7.74. The van der Waals surface area contributed by atoms with Crippen molar-refractivity contribution in [3.8, 4) is 0 Å². The third kappa shape index (κ3) is 2.43. The van der Waals surface area contributed by atoms with E-state index in [9.17, 15) is 0 Å². The number of fused-ring (bicyclic) bond motifs is 1. The van der Waals surface area contributed by atoms with Crippen molar-refractivity contribution in [1.82, 2.24) is 0 Å². The van der Waals surface area contributed by atoms with E-state index < -0.39 is 0 Å². The van der Waals surface area contributed by atoms with Crippen LogP contribution in [0.25, 0.3) is 0 Å². The lowest BCUT2D eigenvalue weighted by Gasteiger charge is -2.58. The molecular formula is C20H32. The summed E-state index contributed by atoms with van der Waals surface area (Å²) in [7, 11) is 0. The van der Waals surface area contributed by atoms with Crippen LogP contribution in [0.15, 0.2) is 36.5 Å². The first-order valence-corrected chi connectivity index (χ1v) is 8.32. The third-order valence-electron chi connectivity index (χ3n) is 6.87. The molecule has 0 radical (unpaired) electrons. The first kappa shape index (κ1) is 15.6. The van der Waals surface area contributed by atoms with Crippen LogP contribution in [-0.4, -0.2) is 0 Å². The maximum atomic E-state index is 4.12. The number of hydrogen-bond donors (Lipinski definition) is 0. The van der Waals surface area contributed by atoms with Crippen molar-refractivity contribution < 1.29 is 0 Å². The zero-order chi connectivity index (χ0) is 15.0. The molecule has 0 saturated heterocycles. The highest BCUT2D eigenvalue weighted by molar-refractivity contribution is 5.21. The Morgan fingerprint density at radius 1 is 1.40 bits per heavy atom. The molecule has 1 fully saturated rings. The maximum Gasteiger partial charge on any atom is -0.00854 e. The summed E-state index contributed by atoms with van der Waals surface area (Å²) in [5.41, 5.74) is 3.74. The van der Waals surface area contributed by atoms with Crippen molar-refractivity contribution in [3.63, 3.8) is 0 Å². The van der Waals surface area contributed by atoms with Gasteiger partial charge >= 0.3 is 0 Å². The van der Waals surface area contributed by atoms with Crippen molar-refractivity contribution in [3.05, 3.63) is 36.5 Å². The van der Waals surface area contributed by atoms with E-state index in [1.807, 2.05) is 6.08 Å². The van der Waals surface area contributed by atoms with Crippen molar-refractivity contribution in [1.29, 1.82) is 0 Å². The Bertz CT molecular complexity index is 427. The van der Waals surface area contributed by atoms with Gasteiger partial charge in [0.05, 0.1) is 0 Å². The molecule has 4 atom stereocenters. The van der Waals surface area contributed by atoms with Gasteiger partial charge in [-0.05, 0) is 68.1 Å². The third-order valence-corrected chi connectivity index (χ3v) is 6.87. The second kappa shape index (κ2) is 5.54. The second-order valence-corrected chi connectivity index (χ2v) is 7.74. The van der Waals surface area contributed by atoms with Crippen LogP contribution < -0.4 is 0 Å². The van der Waals surface area contributed by atoms with E-state index in [1.165, 1.54) is 37.7 Å². The molecular weight excluding hydrogens is 240 g/mol. The molecule has 0 unspecified atom stereocenters. The van der Waals surface area contributed by atoms with Crippen molar-refractivity contribution in [2.75, 3.05) is 0 Å². The maximum absolute atomic E-state index is 4.12. The summed E-state index contributed by atoms with van der Waals surface area (Å²) in [6.45, 7) is 17.9. The minimum atomic E-state index is 0.440. The van der Waals surface area contributed by atoms with Gasteiger partial charge in [-0.1, -0.05) is 57.2 Å². The fourth-order valence-electron chi connectivity index (χ4n) is 4.86. The molecule has 0 amide bonds. The molecule has 0 aliphatic heterocycles. The highest BCUT2D eigenvalue weighted by atomic mass is 14.6. The van der Waals surface area contributed by atoms with Crippen LogP contribution in [0.5, 0.6) is 0 Å². The van der Waals surface area contributed by atoms with Gasteiger partial charge in [-0.25, -0.2) is 0 Å². The Labute approximate surface area is 126 Å². The van der Waals surface area contributed by atoms with Crippen LogP contribution in [0.1, 0.15) is 66.2 Å². The van der Waals surface area contributed by atoms with E-state index >= 15 is 0 Å². The normalized spacial score (nSPS) is 40.7. The van der Waals surface area contributed by atoms with Gasteiger partial charge in [0.15, 0.2) is 0 Å². The fourth-order valence-corrected chi connectivity index (χ4v) is 4.86. The van der Waals surface area contributed by atoms with Gasteiger partial charge in [-0.2, -0.15) is 0 Å². The molecule has 2 aliphatic rings. The molecule has 112 valence electrons. The molecule has 0 aromatic heterocycles. The predicted molar refractivity (Wildman–Crippen MR) is 89.7 cm³/mol. The van der Waals surface area contributed by atoms with Crippen LogP contribution in [0.3, 0.4) is 0 Å². The summed E-state index contributed by atoms with van der Waals surface area (Å²) >= 11 is 0. The van der Waals surface area contributed by atoms with E-state index in [4.69, 9.17) is 0 Å². The molecule has 2 aliphatic carbocycles. The lowest BCUT2D eigenvalue weighted by Crippen LogP contribution is -2.49. The van der Waals surface area contributed by atoms with Gasteiger partial charge in [0.2, 0.25) is 0 Å². The van der Waals surface area contributed by atoms with E-state index in [-0.39, 0.29) is 0 Å². The van der Waals surface area contributed by atoms with Crippen LogP contribution >= 0.6 is 0 Å². The van der Waals surface area contributed by atoms with Crippen LogP contribution in [0, 0.1) is 22.7 Å². The van der Waals surface area contributed by atoms with Gasteiger partial charge in [-0.3, -0.25) is 0 Å². The highest BCUT2D eigenvalue weighted by Gasteiger charge is 2.52. The van der Waals surface area contributed by atoms with Gasteiger partial charge < -0.3 is 0 Å². The Kier molecular flexibility index (Phi) is 4.33. The Hall–Kier alpha value is -0.780. The molecule has 0 heteroatoms. The molecule has 0 aromatic carbocycles. The van der Waals surface area contributed by atoms with E-state index in [0.717, 1.165) is 18.3 Å². The predicted octanol–water partition coefficient (Wildman–Crippen LogP) is 6.31. The first-order chi connectivity index (χ1) is 9.34. The summed E-state index contributed by atoms with van der Waals surface area (Å²) in [6, 6.07) is 0. The largest absolute Gasteiger partial charge is 0.0988 e. The topological polar surface area (TPSA) is 0 Å². The molecule has 0 spiro atoms.